The van der Waals surface area contributed by atoms with Crippen LogP contribution in [0.2, 0.25) is 0 Å². The largest absolute Gasteiger partial charge is 0.497 e. The van der Waals surface area contributed by atoms with Crippen molar-refractivity contribution in [3.63, 3.8) is 0 Å². The lowest BCUT2D eigenvalue weighted by molar-refractivity contribution is -0.144. The van der Waals surface area contributed by atoms with E-state index in [2.05, 4.69) is 15.6 Å². The van der Waals surface area contributed by atoms with Gasteiger partial charge >= 0.3 is 0 Å². The van der Waals surface area contributed by atoms with Crippen LogP contribution in [0.4, 0.5) is 0 Å². The van der Waals surface area contributed by atoms with E-state index in [-0.39, 0.29) is 30.5 Å². The number of hydrogen-bond acceptors (Lipinski definition) is 7. The first kappa shape index (κ1) is 26.0. The van der Waals surface area contributed by atoms with Crippen LogP contribution in [0, 0.1) is 0 Å². The maximum Gasteiger partial charge on any atom is 0.247 e. The molecule has 2 fully saturated rings. The molecule has 2 amide bonds. The van der Waals surface area contributed by atoms with Crippen LogP contribution in [-0.4, -0.2) is 71.2 Å². The summed E-state index contributed by atoms with van der Waals surface area (Å²) in [6.45, 7) is 1.08. The van der Waals surface area contributed by atoms with Crippen molar-refractivity contribution in [2.24, 2.45) is 0 Å². The first-order valence-electron chi connectivity index (χ1n) is 13.3. The lowest BCUT2D eigenvalue weighted by Crippen LogP contribution is -2.50. The molecule has 2 aliphatic rings. The van der Waals surface area contributed by atoms with E-state index in [1.807, 2.05) is 30.3 Å². The molecule has 0 bridgehead atoms. The lowest BCUT2D eigenvalue weighted by Gasteiger charge is -2.36. The number of hydrogen-bond donors (Lipinski definition) is 1. The molecule has 1 saturated heterocycles. The highest BCUT2D eigenvalue weighted by molar-refractivity contribution is 5.90. The molecular weight excluding hydrogens is 486 g/mol. The SMILES string of the molecule is COc1ccc([C@@H](C(=O)NC[C@@H]2CCCO2)N(C(=O)Cn2nnc3ccccc32)C2CCCC2)c(OC)c1. The molecule has 0 spiro atoms. The molecule has 38 heavy (non-hydrogen) atoms. The molecule has 0 radical (unpaired) electrons. The van der Waals surface area contributed by atoms with Crippen molar-refractivity contribution in [3.05, 3.63) is 48.0 Å². The van der Waals surface area contributed by atoms with E-state index < -0.39 is 6.04 Å². The third-order valence-corrected chi connectivity index (χ3v) is 7.50. The smallest absolute Gasteiger partial charge is 0.247 e. The van der Waals surface area contributed by atoms with Crippen molar-refractivity contribution in [3.8, 4) is 11.5 Å². The van der Waals surface area contributed by atoms with E-state index in [0.29, 0.717) is 30.2 Å². The Hall–Kier alpha value is -3.66. The molecule has 2 atom stereocenters. The molecule has 1 aromatic heterocycles. The number of aromatic nitrogens is 3. The summed E-state index contributed by atoms with van der Waals surface area (Å²) < 4.78 is 18.4. The van der Waals surface area contributed by atoms with E-state index >= 15 is 0 Å². The van der Waals surface area contributed by atoms with Gasteiger partial charge < -0.3 is 24.4 Å². The second-order valence-corrected chi connectivity index (χ2v) is 9.87. The topological polar surface area (TPSA) is 108 Å². The van der Waals surface area contributed by atoms with Crippen molar-refractivity contribution in [1.82, 2.24) is 25.2 Å². The van der Waals surface area contributed by atoms with E-state index in [9.17, 15) is 9.59 Å². The molecule has 2 heterocycles. The molecule has 1 N–H and O–H groups in total. The number of carbonyl (C=O) groups excluding carboxylic acids is 2. The summed E-state index contributed by atoms with van der Waals surface area (Å²) in [5.41, 5.74) is 2.10. The highest BCUT2D eigenvalue weighted by Gasteiger charge is 2.39. The fraction of sp³-hybridized carbons (Fsp3) is 0.500. The van der Waals surface area contributed by atoms with Gasteiger partial charge in [-0.05, 0) is 49.9 Å². The second-order valence-electron chi connectivity index (χ2n) is 9.87. The highest BCUT2D eigenvalue weighted by Crippen LogP contribution is 2.37. The van der Waals surface area contributed by atoms with Gasteiger partial charge in [-0.2, -0.15) is 0 Å². The number of amides is 2. The number of nitrogens with zero attached hydrogens (tertiary/aromatic N) is 4. The third kappa shape index (κ3) is 5.45. The average Bonchev–Trinajstić information content (AvgIpc) is 3.73. The Bertz CT molecular complexity index is 1270. The minimum Gasteiger partial charge on any atom is -0.497 e. The molecule has 2 aromatic carbocycles. The Labute approximate surface area is 222 Å². The zero-order chi connectivity index (χ0) is 26.5. The quantitative estimate of drug-likeness (QED) is 0.436. The van der Waals surface area contributed by atoms with Gasteiger partial charge in [-0.25, -0.2) is 4.68 Å². The molecule has 3 aromatic rings. The lowest BCUT2D eigenvalue weighted by atomic mass is 9.99. The van der Waals surface area contributed by atoms with Crippen LogP contribution in [0.15, 0.2) is 42.5 Å². The molecule has 10 nitrogen and oxygen atoms in total. The molecule has 202 valence electrons. The summed E-state index contributed by atoms with van der Waals surface area (Å²) in [7, 11) is 3.14. The monoisotopic (exact) mass is 521 g/mol. The van der Waals surface area contributed by atoms with Gasteiger partial charge in [-0.3, -0.25) is 9.59 Å². The summed E-state index contributed by atoms with van der Waals surface area (Å²) in [6.07, 6.45) is 5.54. The van der Waals surface area contributed by atoms with Crippen molar-refractivity contribution < 1.29 is 23.8 Å². The molecule has 0 unspecified atom stereocenters. The molecule has 10 heteroatoms. The third-order valence-electron chi connectivity index (χ3n) is 7.50. The minimum atomic E-state index is -0.886. The Kier molecular flexibility index (Phi) is 8.07. The van der Waals surface area contributed by atoms with Crippen LogP contribution >= 0.6 is 0 Å². The summed E-state index contributed by atoms with van der Waals surface area (Å²) in [4.78, 5) is 29.8. The van der Waals surface area contributed by atoms with Gasteiger partial charge in [-0.1, -0.05) is 30.2 Å². The van der Waals surface area contributed by atoms with Crippen molar-refractivity contribution in [2.75, 3.05) is 27.4 Å². The van der Waals surface area contributed by atoms with Gasteiger partial charge in [0.2, 0.25) is 11.8 Å². The Morgan fingerprint density at radius 2 is 1.92 bits per heavy atom. The van der Waals surface area contributed by atoms with Gasteiger partial charge in [0.1, 0.15) is 29.6 Å². The first-order chi connectivity index (χ1) is 18.6. The zero-order valence-corrected chi connectivity index (χ0v) is 22.0. The normalized spacial score (nSPS) is 18.4. The van der Waals surface area contributed by atoms with Crippen LogP contribution < -0.4 is 14.8 Å². The Morgan fingerprint density at radius 3 is 2.66 bits per heavy atom. The number of para-hydroxylation sites is 1. The summed E-state index contributed by atoms with van der Waals surface area (Å²) in [5.74, 6) is 0.649. The number of carbonyl (C=O) groups is 2. The summed E-state index contributed by atoms with van der Waals surface area (Å²) >= 11 is 0. The fourth-order valence-corrected chi connectivity index (χ4v) is 5.56. The van der Waals surface area contributed by atoms with Crippen molar-refractivity contribution >= 4 is 22.8 Å². The Morgan fingerprint density at radius 1 is 1.11 bits per heavy atom. The van der Waals surface area contributed by atoms with E-state index in [1.54, 1.807) is 35.9 Å². The van der Waals surface area contributed by atoms with Crippen LogP contribution in [-0.2, 0) is 20.9 Å². The van der Waals surface area contributed by atoms with Gasteiger partial charge in [0.15, 0.2) is 0 Å². The van der Waals surface area contributed by atoms with Crippen LogP contribution in [0.1, 0.15) is 50.1 Å². The minimum absolute atomic E-state index is 0.0190. The van der Waals surface area contributed by atoms with Crippen molar-refractivity contribution in [2.45, 2.75) is 63.3 Å². The number of rotatable bonds is 10. The molecular formula is C28H35N5O5. The fourth-order valence-electron chi connectivity index (χ4n) is 5.56. The predicted octanol–water partition coefficient (Wildman–Crippen LogP) is 3.26. The maximum absolute atomic E-state index is 14.1. The molecule has 1 aliphatic carbocycles. The van der Waals surface area contributed by atoms with Crippen LogP contribution in [0.25, 0.3) is 11.0 Å². The van der Waals surface area contributed by atoms with Crippen LogP contribution in [0.3, 0.4) is 0 Å². The number of benzene rings is 2. The predicted molar refractivity (Wildman–Crippen MR) is 141 cm³/mol. The second kappa shape index (κ2) is 11.8. The Balaban J connectivity index is 1.52. The number of methoxy groups -OCH3 is 2. The van der Waals surface area contributed by atoms with Gasteiger partial charge in [-0.15, -0.1) is 5.10 Å². The van der Waals surface area contributed by atoms with Gasteiger partial charge in [0.25, 0.3) is 0 Å². The average molecular weight is 522 g/mol. The maximum atomic E-state index is 14.1. The van der Waals surface area contributed by atoms with E-state index in [1.165, 1.54) is 0 Å². The summed E-state index contributed by atoms with van der Waals surface area (Å²) in [6, 6.07) is 11.9. The number of ether oxygens (including phenoxy) is 3. The molecule has 1 aliphatic heterocycles. The van der Waals surface area contributed by atoms with E-state index in [0.717, 1.165) is 49.6 Å². The van der Waals surface area contributed by atoms with Crippen LogP contribution in [0.5, 0.6) is 11.5 Å². The van der Waals surface area contributed by atoms with Crippen molar-refractivity contribution in [1.29, 1.82) is 0 Å². The standard InChI is InChI=1S/C28H35N5O5/c1-36-20-13-14-22(25(16-20)37-2)27(28(35)29-17-21-10-7-15-38-21)33(19-8-3-4-9-19)26(34)18-32-24-12-6-5-11-23(24)30-31-32/h5-6,11-14,16,19,21,27H,3-4,7-10,15,17-18H2,1-2H3,(H,29,35)/t21-,27-/m0/s1. The zero-order valence-electron chi connectivity index (χ0n) is 22.0. The molecule has 5 rings (SSSR count). The first-order valence-corrected chi connectivity index (χ1v) is 13.3. The highest BCUT2D eigenvalue weighted by atomic mass is 16.5. The van der Waals surface area contributed by atoms with E-state index in [4.69, 9.17) is 14.2 Å². The molecule has 1 saturated carbocycles. The van der Waals surface area contributed by atoms with Gasteiger partial charge in [0.05, 0.1) is 25.8 Å². The number of nitrogens with one attached hydrogen (secondary N) is 1. The number of fused-ring (bicyclic) bond motifs is 1. The summed E-state index contributed by atoms with van der Waals surface area (Å²) in [5, 5.41) is 11.5. The van der Waals surface area contributed by atoms with Gasteiger partial charge in [0, 0.05) is 30.8 Å².